The smallest absolute Gasteiger partial charge is 0.284 e. The Kier molecular flexibility index (Phi) is 4.37. The van der Waals surface area contributed by atoms with Gasteiger partial charge in [0.25, 0.3) is 5.91 Å². The molecule has 1 aromatic carbocycles. The highest BCUT2D eigenvalue weighted by molar-refractivity contribution is 7.89. The lowest BCUT2D eigenvalue weighted by molar-refractivity contribution is 0.0977. The number of sulfonamides is 1. The number of carbonyl (C=O) groups is 1. The van der Waals surface area contributed by atoms with E-state index in [1.54, 1.807) is 4.57 Å². The number of nitrogens with two attached hydrogens (primary N) is 1. The first-order valence-corrected chi connectivity index (χ1v) is 9.08. The van der Waals surface area contributed by atoms with Crippen LogP contribution in [0.3, 0.4) is 0 Å². The van der Waals surface area contributed by atoms with E-state index in [4.69, 9.17) is 5.73 Å². The second kappa shape index (κ2) is 6.33. The zero-order valence-electron chi connectivity index (χ0n) is 12.8. The van der Waals surface area contributed by atoms with E-state index in [1.165, 1.54) is 30.5 Å². The van der Waals surface area contributed by atoms with Crippen LogP contribution in [-0.2, 0) is 28.7 Å². The van der Waals surface area contributed by atoms with E-state index >= 15 is 0 Å². The van der Waals surface area contributed by atoms with Crippen LogP contribution in [0.4, 0.5) is 4.39 Å². The van der Waals surface area contributed by atoms with Gasteiger partial charge in [0.05, 0.1) is 5.75 Å². The summed E-state index contributed by atoms with van der Waals surface area (Å²) in [5.74, 6) is -0.940. The first-order chi connectivity index (χ1) is 11.3. The Labute approximate surface area is 138 Å². The van der Waals surface area contributed by atoms with Gasteiger partial charge >= 0.3 is 0 Å². The predicted molar refractivity (Wildman–Crippen MR) is 85.0 cm³/mol. The third-order valence-corrected chi connectivity index (χ3v) is 4.99. The van der Waals surface area contributed by atoms with E-state index in [9.17, 15) is 17.6 Å². The third-order valence-electron chi connectivity index (χ3n) is 3.78. The standard InChI is InChI=1S/C15H17FN4O3S/c16-11-3-1-10(2-4-11)9-24(22,23)19-15(21)13-8-20-7-12(17)5-6-14(20)18-13/h1-4,8,12H,5-7,9,17H2,(H,19,21). The fourth-order valence-corrected chi connectivity index (χ4v) is 3.70. The van der Waals surface area contributed by atoms with Crippen LogP contribution >= 0.6 is 0 Å². The van der Waals surface area contributed by atoms with Crippen LogP contribution in [0.5, 0.6) is 0 Å². The van der Waals surface area contributed by atoms with Gasteiger partial charge < -0.3 is 10.3 Å². The van der Waals surface area contributed by atoms with Crippen molar-refractivity contribution in [3.8, 4) is 0 Å². The summed E-state index contributed by atoms with van der Waals surface area (Å²) in [5, 5.41) is 0. The van der Waals surface area contributed by atoms with Gasteiger partial charge in [-0.25, -0.2) is 22.5 Å². The number of halogens is 1. The first-order valence-electron chi connectivity index (χ1n) is 7.43. The van der Waals surface area contributed by atoms with E-state index in [1.807, 2.05) is 4.72 Å². The summed E-state index contributed by atoms with van der Waals surface area (Å²) in [4.78, 5) is 16.3. The van der Waals surface area contributed by atoms with Crippen LogP contribution in [0.1, 0.15) is 28.3 Å². The van der Waals surface area contributed by atoms with Crippen LogP contribution < -0.4 is 10.5 Å². The highest BCUT2D eigenvalue weighted by Gasteiger charge is 2.23. The van der Waals surface area contributed by atoms with Gasteiger partial charge in [0.15, 0.2) is 0 Å². The van der Waals surface area contributed by atoms with Gasteiger partial charge in [0.1, 0.15) is 17.3 Å². The molecular weight excluding hydrogens is 335 g/mol. The number of carbonyl (C=O) groups excluding carboxylic acids is 1. The summed E-state index contributed by atoms with van der Waals surface area (Å²) >= 11 is 0. The monoisotopic (exact) mass is 352 g/mol. The van der Waals surface area contributed by atoms with Gasteiger partial charge in [-0.05, 0) is 24.1 Å². The van der Waals surface area contributed by atoms with Crippen molar-refractivity contribution < 1.29 is 17.6 Å². The summed E-state index contributed by atoms with van der Waals surface area (Å²) in [6.45, 7) is 0.554. The Morgan fingerprint density at radius 1 is 1.38 bits per heavy atom. The molecule has 128 valence electrons. The minimum Gasteiger partial charge on any atom is -0.333 e. The lowest BCUT2D eigenvalue weighted by Crippen LogP contribution is -2.32. The van der Waals surface area contributed by atoms with Crippen LogP contribution in [0.15, 0.2) is 30.5 Å². The van der Waals surface area contributed by atoms with Gasteiger partial charge in [0.2, 0.25) is 10.0 Å². The summed E-state index contributed by atoms with van der Waals surface area (Å²) < 4.78 is 40.8. The second-order valence-electron chi connectivity index (χ2n) is 5.81. The van der Waals surface area contributed by atoms with Crippen LogP contribution in [0.2, 0.25) is 0 Å². The molecule has 0 aliphatic carbocycles. The Morgan fingerprint density at radius 3 is 2.79 bits per heavy atom. The number of amides is 1. The number of nitrogens with one attached hydrogen (secondary N) is 1. The van der Waals surface area contributed by atoms with Crippen molar-refractivity contribution in [2.45, 2.75) is 31.2 Å². The summed E-state index contributed by atoms with van der Waals surface area (Å²) in [6.07, 6.45) is 2.94. The second-order valence-corrected chi connectivity index (χ2v) is 7.53. The number of aromatic nitrogens is 2. The summed E-state index contributed by atoms with van der Waals surface area (Å²) in [6, 6.07) is 5.05. The molecule has 1 aliphatic heterocycles. The van der Waals surface area contributed by atoms with Gasteiger partial charge in [0, 0.05) is 25.2 Å². The van der Waals surface area contributed by atoms with Crippen molar-refractivity contribution in [1.82, 2.24) is 14.3 Å². The van der Waals surface area contributed by atoms with E-state index < -0.39 is 27.5 Å². The molecule has 1 aliphatic rings. The Bertz CT molecular complexity index is 861. The molecule has 3 N–H and O–H groups in total. The maximum atomic E-state index is 12.9. The number of nitrogens with zero attached hydrogens (tertiary/aromatic N) is 2. The first kappa shape index (κ1) is 16.6. The minimum atomic E-state index is -3.90. The highest BCUT2D eigenvalue weighted by Crippen LogP contribution is 2.14. The van der Waals surface area contributed by atoms with Crippen molar-refractivity contribution >= 4 is 15.9 Å². The lowest BCUT2D eigenvalue weighted by atomic mass is 10.1. The number of aryl methyl sites for hydroxylation is 1. The maximum absolute atomic E-state index is 12.9. The van der Waals surface area contributed by atoms with Gasteiger partial charge in [-0.1, -0.05) is 12.1 Å². The molecular formula is C15H17FN4O3S. The molecule has 0 saturated heterocycles. The molecule has 7 nitrogen and oxygen atoms in total. The molecule has 0 spiro atoms. The molecule has 0 radical (unpaired) electrons. The molecule has 1 aromatic heterocycles. The fourth-order valence-electron chi connectivity index (χ4n) is 2.61. The average molecular weight is 352 g/mol. The van der Waals surface area contributed by atoms with Crippen LogP contribution in [-0.4, -0.2) is 29.9 Å². The third kappa shape index (κ3) is 3.80. The Hall–Kier alpha value is -2.26. The van der Waals surface area contributed by atoms with Gasteiger partial charge in [-0.15, -0.1) is 0 Å². The van der Waals surface area contributed by atoms with Crippen molar-refractivity contribution in [2.24, 2.45) is 5.73 Å². The van der Waals surface area contributed by atoms with Crippen molar-refractivity contribution in [1.29, 1.82) is 0 Å². The topological polar surface area (TPSA) is 107 Å². The summed E-state index contributed by atoms with van der Waals surface area (Å²) in [7, 11) is -3.90. The number of benzene rings is 1. The van der Waals surface area contributed by atoms with Crippen molar-refractivity contribution in [3.63, 3.8) is 0 Å². The molecule has 9 heteroatoms. The van der Waals surface area contributed by atoms with Crippen molar-refractivity contribution in [2.75, 3.05) is 0 Å². The molecule has 3 rings (SSSR count). The fraction of sp³-hybridized carbons (Fsp3) is 0.333. The summed E-state index contributed by atoms with van der Waals surface area (Å²) in [5.41, 5.74) is 6.29. The molecule has 24 heavy (non-hydrogen) atoms. The Morgan fingerprint density at radius 2 is 2.08 bits per heavy atom. The zero-order chi connectivity index (χ0) is 17.3. The molecule has 1 atom stereocenters. The highest BCUT2D eigenvalue weighted by atomic mass is 32.2. The molecule has 1 amide bonds. The molecule has 1 unspecified atom stereocenters. The number of hydrogen-bond acceptors (Lipinski definition) is 5. The lowest BCUT2D eigenvalue weighted by Gasteiger charge is -2.19. The van der Waals surface area contributed by atoms with Crippen LogP contribution in [0.25, 0.3) is 0 Å². The van der Waals surface area contributed by atoms with Gasteiger partial charge in [-0.3, -0.25) is 4.79 Å². The minimum absolute atomic E-state index is 0.00446. The predicted octanol–water partition coefficient (Wildman–Crippen LogP) is 0.555. The quantitative estimate of drug-likeness (QED) is 0.836. The van der Waals surface area contributed by atoms with E-state index in [0.29, 0.717) is 18.5 Å². The molecule has 0 bridgehead atoms. The number of imidazole rings is 1. The maximum Gasteiger partial charge on any atom is 0.284 e. The largest absolute Gasteiger partial charge is 0.333 e. The number of fused-ring (bicyclic) bond motifs is 1. The average Bonchev–Trinajstić information content (AvgIpc) is 2.92. The van der Waals surface area contributed by atoms with E-state index in [0.717, 1.165) is 12.2 Å². The molecule has 0 saturated carbocycles. The zero-order valence-corrected chi connectivity index (χ0v) is 13.6. The van der Waals surface area contributed by atoms with E-state index in [2.05, 4.69) is 4.98 Å². The molecule has 2 heterocycles. The van der Waals surface area contributed by atoms with Crippen molar-refractivity contribution in [3.05, 3.63) is 53.4 Å². The number of hydrogen-bond donors (Lipinski definition) is 2. The van der Waals surface area contributed by atoms with E-state index in [-0.39, 0.29) is 11.7 Å². The SMILES string of the molecule is NC1CCc2nc(C(=O)NS(=O)(=O)Cc3ccc(F)cc3)cn2C1. The van der Waals surface area contributed by atoms with Crippen LogP contribution in [0, 0.1) is 5.82 Å². The number of rotatable bonds is 4. The Balaban J connectivity index is 1.70. The normalized spacial score (nSPS) is 17.3. The molecule has 0 fully saturated rings. The molecule has 2 aromatic rings. The van der Waals surface area contributed by atoms with Gasteiger partial charge in [-0.2, -0.15) is 0 Å².